The Morgan fingerprint density at radius 1 is 1.43 bits per heavy atom. The third-order valence-corrected chi connectivity index (χ3v) is 3.40. The Hall–Kier alpha value is -1.96. The lowest BCUT2D eigenvalue weighted by atomic mass is 10.1. The third kappa shape index (κ3) is 3.78. The predicted octanol–water partition coefficient (Wildman–Crippen LogP) is 0.395. The molecule has 1 aliphatic heterocycles. The summed E-state index contributed by atoms with van der Waals surface area (Å²) in [5.74, 6) is -1.40. The van der Waals surface area contributed by atoms with Gasteiger partial charge in [0, 0.05) is 19.3 Å². The summed E-state index contributed by atoms with van der Waals surface area (Å²) in [5.41, 5.74) is 0.369. The summed E-state index contributed by atoms with van der Waals surface area (Å²) in [5, 5.41) is 19.5. The Balaban J connectivity index is 2.04. The second-order valence-electron chi connectivity index (χ2n) is 5.39. The molecular formula is C13H20N4O4. The minimum atomic E-state index is -1.13. The van der Waals surface area contributed by atoms with Crippen molar-refractivity contribution in [3.05, 3.63) is 11.4 Å². The van der Waals surface area contributed by atoms with E-state index in [2.05, 4.69) is 15.6 Å². The number of rotatable bonds is 5. The van der Waals surface area contributed by atoms with E-state index in [-0.39, 0.29) is 30.1 Å². The maximum atomic E-state index is 12.0. The van der Waals surface area contributed by atoms with Gasteiger partial charge in [0.25, 0.3) is 0 Å². The number of ether oxygens (including phenoxy) is 1. The Bertz CT molecular complexity index is 520. The summed E-state index contributed by atoms with van der Waals surface area (Å²) in [7, 11) is 0. The standard InChI is InChI=1S/C13H20N4O4/c1-8(2)12-11(13(19)20)15-16-17(12)7-10(18)14-9-3-5-21-6-4-9/h8-9H,3-7H2,1-2H3,(H,14,18)(H,19,20). The molecule has 0 saturated carbocycles. The summed E-state index contributed by atoms with van der Waals surface area (Å²) < 4.78 is 6.60. The molecule has 2 N–H and O–H groups in total. The predicted molar refractivity (Wildman–Crippen MR) is 73.1 cm³/mol. The molecule has 116 valence electrons. The largest absolute Gasteiger partial charge is 0.476 e. The zero-order chi connectivity index (χ0) is 15.4. The van der Waals surface area contributed by atoms with Crippen LogP contribution in [0.3, 0.4) is 0 Å². The van der Waals surface area contributed by atoms with Gasteiger partial charge in [0.05, 0.1) is 5.69 Å². The van der Waals surface area contributed by atoms with Gasteiger partial charge < -0.3 is 15.2 Å². The normalized spacial score (nSPS) is 16.1. The molecule has 1 amide bonds. The van der Waals surface area contributed by atoms with Crippen molar-refractivity contribution in [1.82, 2.24) is 20.3 Å². The zero-order valence-electron chi connectivity index (χ0n) is 12.2. The fourth-order valence-corrected chi connectivity index (χ4v) is 2.41. The van der Waals surface area contributed by atoms with Crippen molar-refractivity contribution in [1.29, 1.82) is 0 Å². The first-order valence-electron chi connectivity index (χ1n) is 7.02. The smallest absolute Gasteiger partial charge is 0.358 e. The highest BCUT2D eigenvalue weighted by atomic mass is 16.5. The molecule has 1 aliphatic rings. The average Bonchev–Trinajstić information content (AvgIpc) is 2.83. The van der Waals surface area contributed by atoms with Gasteiger partial charge in [0.15, 0.2) is 5.69 Å². The summed E-state index contributed by atoms with van der Waals surface area (Å²) >= 11 is 0. The number of nitrogens with zero attached hydrogens (tertiary/aromatic N) is 3. The summed E-state index contributed by atoms with van der Waals surface area (Å²) in [6, 6.07) is 0.108. The SMILES string of the molecule is CC(C)c1c(C(=O)O)nnn1CC(=O)NC1CCOCC1. The first-order chi connectivity index (χ1) is 9.99. The van der Waals surface area contributed by atoms with Gasteiger partial charge >= 0.3 is 5.97 Å². The summed E-state index contributed by atoms with van der Waals surface area (Å²) in [4.78, 5) is 23.2. The molecule has 0 aromatic carbocycles. The van der Waals surface area contributed by atoms with Gasteiger partial charge in [0.2, 0.25) is 5.91 Å². The Morgan fingerprint density at radius 2 is 2.10 bits per heavy atom. The Labute approximate surface area is 122 Å². The van der Waals surface area contributed by atoms with Gasteiger partial charge in [-0.1, -0.05) is 19.1 Å². The highest BCUT2D eigenvalue weighted by molar-refractivity contribution is 5.86. The van der Waals surface area contributed by atoms with Crippen LogP contribution < -0.4 is 5.32 Å². The van der Waals surface area contributed by atoms with Gasteiger partial charge in [0.1, 0.15) is 6.54 Å². The summed E-state index contributed by atoms with van der Waals surface area (Å²) in [6.45, 7) is 4.96. The fraction of sp³-hybridized carbons (Fsp3) is 0.692. The van der Waals surface area contributed by atoms with E-state index in [9.17, 15) is 9.59 Å². The monoisotopic (exact) mass is 296 g/mol. The number of aromatic nitrogens is 3. The summed E-state index contributed by atoms with van der Waals surface area (Å²) in [6.07, 6.45) is 1.58. The van der Waals surface area contributed by atoms with E-state index in [4.69, 9.17) is 9.84 Å². The Kier molecular flexibility index (Phi) is 4.89. The number of carbonyl (C=O) groups excluding carboxylic acids is 1. The minimum Gasteiger partial charge on any atom is -0.476 e. The lowest BCUT2D eigenvalue weighted by Gasteiger charge is -2.23. The fourth-order valence-electron chi connectivity index (χ4n) is 2.41. The van der Waals surface area contributed by atoms with Crippen LogP contribution in [0.4, 0.5) is 0 Å². The number of amides is 1. The van der Waals surface area contributed by atoms with Crippen molar-refractivity contribution in [3.8, 4) is 0 Å². The molecule has 0 bridgehead atoms. The van der Waals surface area contributed by atoms with Crippen LogP contribution in [0.5, 0.6) is 0 Å². The number of hydrogen-bond donors (Lipinski definition) is 2. The van der Waals surface area contributed by atoms with Crippen molar-refractivity contribution in [3.63, 3.8) is 0 Å². The van der Waals surface area contributed by atoms with E-state index in [0.29, 0.717) is 18.9 Å². The van der Waals surface area contributed by atoms with Crippen LogP contribution in [-0.2, 0) is 16.1 Å². The molecule has 2 rings (SSSR count). The van der Waals surface area contributed by atoms with Crippen LogP contribution in [0.25, 0.3) is 0 Å². The minimum absolute atomic E-state index is 0.0227. The second-order valence-corrected chi connectivity index (χ2v) is 5.39. The molecule has 0 aliphatic carbocycles. The second kappa shape index (κ2) is 6.66. The average molecular weight is 296 g/mol. The van der Waals surface area contributed by atoms with Crippen molar-refractivity contribution < 1.29 is 19.4 Å². The topological polar surface area (TPSA) is 106 Å². The molecule has 8 heteroatoms. The molecule has 0 spiro atoms. The quantitative estimate of drug-likeness (QED) is 0.814. The van der Waals surface area contributed by atoms with Gasteiger partial charge in [-0.2, -0.15) is 0 Å². The number of hydrogen-bond acceptors (Lipinski definition) is 5. The lowest BCUT2D eigenvalue weighted by molar-refractivity contribution is -0.123. The van der Waals surface area contributed by atoms with Crippen LogP contribution in [0.15, 0.2) is 0 Å². The molecule has 1 fully saturated rings. The molecule has 1 saturated heterocycles. The van der Waals surface area contributed by atoms with Crippen molar-refractivity contribution in [2.45, 2.75) is 45.2 Å². The van der Waals surface area contributed by atoms with Gasteiger partial charge in [-0.25, -0.2) is 9.48 Å². The first kappa shape index (κ1) is 15.4. The number of carboxylic acids is 1. The maximum Gasteiger partial charge on any atom is 0.358 e. The maximum absolute atomic E-state index is 12.0. The van der Waals surface area contributed by atoms with Gasteiger partial charge in [-0.3, -0.25) is 4.79 Å². The highest BCUT2D eigenvalue weighted by Gasteiger charge is 2.23. The van der Waals surface area contributed by atoms with Crippen molar-refractivity contribution in [2.24, 2.45) is 0 Å². The molecule has 1 aromatic heterocycles. The zero-order valence-corrected chi connectivity index (χ0v) is 12.2. The number of carbonyl (C=O) groups is 2. The van der Waals surface area contributed by atoms with Gasteiger partial charge in [-0.15, -0.1) is 5.10 Å². The molecule has 0 unspecified atom stereocenters. The number of nitrogens with one attached hydrogen (secondary N) is 1. The van der Waals surface area contributed by atoms with Crippen LogP contribution in [0, 0.1) is 0 Å². The number of carboxylic acid groups (broad SMARTS) is 1. The molecule has 0 atom stereocenters. The van der Waals surface area contributed by atoms with Gasteiger partial charge in [-0.05, 0) is 18.8 Å². The van der Waals surface area contributed by atoms with Crippen molar-refractivity contribution in [2.75, 3.05) is 13.2 Å². The highest BCUT2D eigenvalue weighted by Crippen LogP contribution is 2.17. The van der Waals surface area contributed by atoms with Crippen LogP contribution in [0.1, 0.15) is 48.8 Å². The van der Waals surface area contributed by atoms with E-state index in [1.165, 1.54) is 4.68 Å². The molecule has 2 heterocycles. The van der Waals surface area contributed by atoms with E-state index in [0.717, 1.165) is 12.8 Å². The van der Waals surface area contributed by atoms with Crippen LogP contribution in [0.2, 0.25) is 0 Å². The number of aromatic carboxylic acids is 1. The van der Waals surface area contributed by atoms with Crippen LogP contribution in [-0.4, -0.2) is 51.2 Å². The van der Waals surface area contributed by atoms with Crippen molar-refractivity contribution >= 4 is 11.9 Å². The molecular weight excluding hydrogens is 276 g/mol. The molecule has 1 aromatic rings. The molecule has 8 nitrogen and oxygen atoms in total. The molecule has 0 radical (unpaired) electrons. The van der Waals surface area contributed by atoms with E-state index in [1.54, 1.807) is 0 Å². The lowest BCUT2D eigenvalue weighted by Crippen LogP contribution is -2.40. The Morgan fingerprint density at radius 3 is 2.67 bits per heavy atom. The third-order valence-electron chi connectivity index (χ3n) is 3.40. The van der Waals surface area contributed by atoms with E-state index in [1.807, 2.05) is 13.8 Å². The van der Waals surface area contributed by atoms with E-state index >= 15 is 0 Å². The van der Waals surface area contributed by atoms with E-state index < -0.39 is 5.97 Å². The molecule has 21 heavy (non-hydrogen) atoms. The van der Waals surface area contributed by atoms with Crippen LogP contribution >= 0.6 is 0 Å². The first-order valence-corrected chi connectivity index (χ1v) is 7.02.